The Balaban J connectivity index is 2.02. The van der Waals surface area contributed by atoms with Gasteiger partial charge in [0.05, 0.1) is 11.9 Å². The van der Waals surface area contributed by atoms with Gasteiger partial charge in [-0.1, -0.05) is 89.9 Å². The molecule has 0 bridgehead atoms. The highest BCUT2D eigenvalue weighted by Crippen LogP contribution is 2.25. The third-order valence-electron chi connectivity index (χ3n) is 6.41. The first-order chi connectivity index (χ1) is 18.6. The van der Waals surface area contributed by atoms with Gasteiger partial charge in [-0.25, -0.2) is 8.42 Å². The molecular formula is C30H36BrN3O4S. The lowest BCUT2D eigenvalue weighted by molar-refractivity contribution is -0.140. The fraction of sp³-hybridized carbons (Fsp3) is 0.333. The van der Waals surface area contributed by atoms with Crippen LogP contribution >= 0.6 is 15.9 Å². The maximum absolute atomic E-state index is 14.0. The van der Waals surface area contributed by atoms with E-state index in [0.717, 1.165) is 44.6 Å². The lowest BCUT2D eigenvalue weighted by Crippen LogP contribution is -2.53. The Morgan fingerprint density at radius 2 is 1.56 bits per heavy atom. The lowest BCUT2D eigenvalue weighted by atomic mass is 10.0. The highest BCUT2D eigenvalue weighted by atomic mass is 79.9. The third-order valence-corrected chi connectivity index (χ3v) is 8.44. The van der Waals surface area contributed by atoms with Crippen molar-refractivity contribution in [3.63, 3.8) is 0 Å². The van der Waals surface area contributed by atoms with Gasteiger partial charge in [0, 0.05) is 24.0 Å². The molecule has 0 fully saturated rings. The van der Waals surface area contributed by atoms with Gasteiger partial charge in [0.1, 0.15) is 12.6 Å². The van der Waals surface area contributed by atoms with E-state index in [-0.39, 0.29) is 12.5 Å². The number of aryl methyl sites for hydroxylation is 1. The molecule has 2 amide bonds. The van der Waals surface area contributed by atoms with E-state index >= 15 is 0 Å². The summed E-state index contributed by atoms with van der Waals surface area (Å²) < 4.78 is 27.7. The van der Waals surface area contributed by atoms with Crippen LogP contribution in [-0.4, -0.2) is 50.5 Å². The number of carbonyl (C=O) groups is 2. The summed E-state index contributed by atoms with van der Waals surface area (Å²) in [7, 11) is -3.80. The topological polar surface area (TPSA) is 86.8 Å². The molecule has 1 atom stereocenters. The first-order valence-electron chi connectivity index (χ1n) is 13.0. The molecule has 9 heteroatoms. The van der Waals surface area contributed by atoms with Crippen molar-refractivity contribution < 1.29 is 18.0 Å². The van der Waals surface area contributed by atoms with Crippen molar-refractivity contribution >= 4 is 43.5 Å². The molecule has 0 aliphatic heterocycles. The molecule has 208 valence electrons. The van der Waals surface area contributed by atoms with E-state index in [4.69, 9.17) is 0 Å². The first-order valence-corrected chi connectivity index (χ1v) is 15.6. The monoisotopic (exact) mass is 613 g/mol. The Hall–Kier alpha value is -3.17. The van der Waals surface area contributed by atoms with Crippen molar-refractivity contribution in [2.75, 3.05) is 23.7 Å². The molecule has 0 radical (unpaired) electrons. The minimum Gasteiger partial charge on any atom is -0.354 e. The molecule has 3 aromatic rings. The maximum Gasteiger partial charge on any atom is 0.244 e. The molecule has 3 aromatic carbocycles. The lowest BCUT2D eigenvalue weighted by Gasteiger charge is -2.33. The molecule has 0 spiro atoms. The van der Waals surface area contributed by atoms with Gasteiger partial charge < -0.3 is 10.2 Å². The number of hydrogen-bond acceptors (Lipinski definition) is 4. The van der Waals surface area contributed by atoms with Gasteiger partial charge in [-0.05, 0) is 48.2 Å². The standard InChI is InChI=1S/C30H36BrN3O4S/c1-4-5-18-32-30(36)28(20-24-12-8-6-9-13-24)33(21-25-14-10-7-11-15-25)29(35)22-34(39(3,37)38)26-16-17-27(31)23(2)19-26/h6-17,19,28H,4-5,18,20-22H2,1-3H3,(H,32,36). The minimum atomic E-state index is -3.80. The molecule has 0 aliphatic carbocycles. The summed E-state index contributed by atoms with van der Waals surface area (Å²) in [6.45, 7) is 4.13. The van der Waals surface area contributed by atoms with E-state index in [9.17, 15) is 18.0 Å². The predicted molar refractivity (Wildman–Crippen MR) is 160 cm³/mol. The van der Waals surface area contributed by atoms with E-state index in [1.54, 1.807) is 18.2 Å². The van der Waals surface area contributed by atoms with Crippen molar-refractivity contribution in [1.82, 2.24) is 10.2 Å². The summed E-state index contributed by atoms with van der Waals surface area (Å²) in [4.78, 5) is 29.1. The van der Waals surface area contributed by atoms with Gasteiger partial charge in [0.15, 0.2) is 0 Å². The zero-order chi connectivity index (χ0) is 28.4. The fourth-order valence-corrected chi connectivity index (χ4v) is 5.33. The molecule has 0 saturated heterocycles. The Labute approximate surface area is 240 Å². The second-order valence-electron chi connectivity index (χ2n) is 9.56. The molecule has 7 nitrogen and oxygen atoms in total. The fourth-order valence-electron chi connectivity index (χ4n) is 4.24. The van der Waals surface area contributed by atoms with Crippen molar-refractivity contribution in [3.05, 3.63) is 100 Å². The number of rotatable bonds is 13. The number of hydrogen-bond donors (Lipinski definition) is 1. The highest BCUT2D eigenvalue weighted by molar-refractivity contribution is 9.10. The maximum atomic E-state index is 14.0. The predicted octanol–water partition coefficient (Wildman–Crippen LogP) is 5.08. The van der Waals surface area contributed by atoms with Crippen molar-refractivity contribution in [3.8, 4) is 0 Å². The van der Waals surface area contributed by atoms with Crippen molar-refractivity contribution in [2.24, 2.45) is 0 Å². The first kappa shape index (κ1) is 30.4. The number of anilines is 1. The van der Waals surface area contributed by atoms with E-state index in [1.165, 1.54) is 4.90 Å². The number of carbonyl (C=O) groups excluding carboxylic acids is 2. The highest BCUT2D eigenvalue weighted by Gasteiger charge is 2.33. The summed E-state index contributed by atoms with van der Waals surface area (Å²) in [6, 6.07) is 23.3. The normalized spacial score (nSPS) is 12.0. The molecule has 0 aliphatic rings. The molecule has 1 unspecified atom stereocenters. The van der Waals surface area contributed by atoms with Crippen molar-refractivity contribution in [2.45, 2.75) is 45.7 Å². The number of amides is 2. The smallest absolute Gasteiger partial charge is 0.244 e. The van der Waals surface area contributed by atoms with Gasteiger partial charge in [-0.15, -0.1) is 0 Å². The molecule has 0 saturated carbocycles. The van der Waals surface area contributed by atoms with E-state index < -0.39 is 28.5 Å². The number of unbranched alkanes of at least 4 members (excludes halogenated alkanes) is 1. The quantitative estimate of drug-likeness (QED) is 0.272. The van der Waals surface area contributed by atoms with Gasteiger partial charge in [-0.2, -0.15) is 0 Å². The van der Waals surface area contributed by atoms with Crippen LogP contribution in [0, 0.1) is 6.92 Å². The molecular weight excluding hydrogens is 578 g/mol. The molecule has 0 aromatic heterocycles. The van der Waals surface area contributed by atoms with Crippen LogP contribution in [0.1, 0.15) is 36.5 Å². The number of nitrogens with one attached hydrogen (secondary N) is 1. The Morgan fingerprint density at radius 3 is 2.13 bits per heavy atom. The molecule has 0 heterocycles. The summed E-state index contributed by atoms with van der Waals surface area (Å²) in [6.07, 6.45) is 3.12. The molecule has 39 heavy (non-hydrogen) atoms. The molecule has 1 N–H and O–H groups in total. The third kappa shape index (κ3) is 8.93. The van der Waals surface area contributed by atoms with Crippen LogP contribution in [0.2, 0.25) is 0 Å². The minimum absolute atomic E-state index is 0.162. The van der Waals surface area contributed by atoms with Gasteiger partial charge >= 0.3 is 0 Å². The summed E-state index contributed by atoms with van der Waals surface area (Å²) >= 11 is 3.44. The number of nitrogens with zero attached hydrogens (tertiary/aromatic N) is 2. The number of halogens is 1. The largest absolute Gasteiger partial charge is 0.354 e. The van der Waals surface area contributed by atoms with E-state index in [0.29, 0.717) is 18.7 Å². The van der Waals surface area contributed by atoms with E-state index in [2.05, 4.69) is 21.2 Å². The molecule has 3 rings (SSSR count). The second-order valence-corrected chi connectivity index (χ2v) is 12.3. The van der Waals surface area contributed by atoms with Crippen LogP contribution in [0.4, 0.5) is 5.69 Å². The number of sulfonamides is 1. The van der Waals surface area contributed by atoms with Crippen molar-refractivity contribution in [1.29, 1.82) is 0 Å². The zero-order valence-corrected chi connectivity index (χ0v) is 25.0. The van der Waals surface area contributed by atoms with Gasteiger partial charge in [0.2, 0.25) is 21.8 Å². The summed E-state index contributed by atoms with van der Waals surface area (Å²) in [5.41, 5.74) is 2.98. The zero-order valence-electron chi connectivity index (χ0n) is 22.6. The average molecular weight is 615 g/mol. The number of benzene rings is 3. The van der Waals surface area contributed by atoms with Crippen LogP contribution in [0.25, 0.3) is 0 Å². The SMILES string of the molecule is CCCCNC(=O)C(Cc1ccccc1)N(Cc1ccccc1)C(=O)CN(c1ccc(Br)c(C)c1)S(C)(=O)=O. The Bertz CT molecular complexity index is 1350. The average Bonchev–Trinajstić information content (AvgIpc) is 2.91. The van der Waals surface area contributed by atoms with Crippen LogP contribution in [0.5, 0.6) is 0 Å². The van der Waals surface area contributed by atoms with Crippen LogP contribution in [0.3, 0.4) is 0 Å². The van der Waals surface area contributed by atoms with Crippen LogP contribution in [0.15, 0.2) is 83.3 Å². The Morgan fingerprint density at radius 1 is 0.949 bits per heavy atom. The second kappa shape index (κ2) is 14.3. The van der Waals surface area contributed by atoms with E-state index in [1.807, 2.05) is 74.5 Å². The summed E-state index contributed by atoms with van der Waals surface area (Å²) in [5.74, 6) is -0.724. The van der Waals surface area contributed by atoms with Crippen LogP contribution in [-0.2, 0) is 32.6 Å². The Kier molecular flexibility index (Phi) is 11.1. The summed E-state index contributed by atoms with van der Waals surface area (Å²) in [5, 5.41) is 2.98. The van der Waals surface area contributed by atoms with Crippen LogP contribution < -0.4 is 9.62 Å². The van der Waals surface area contributed by atoms with Gasteiger partial charge in [0.25, 0.3) is 0 Å². The van der Waals surface area contributed by atoms with Gasteiger partial charge in [-0.3, -0.25) is 13.9 Å².